The van der Waals surface area contributed by atoms with Gasteiger partial charge >= 0.3 is 0 Å². The highest BCUT2D eigenvalue weighted by Crippen LogP contribution is 2.27. The molecule has 2 unspecified atom stereocenters. The first kappa shape index (κ1) is 12.9. The predicted molar refractivity (Wildman–Crippen MR) is 74.6 cm³/mol. The average Bonchev–Trinajstić information content (AvgIpc) is 2.77. The Labute approximate surface area is 109 Å². The topological polar surface area (TPSA) is 41.1 Å². The molecule has 0 aliphatic heterocycles. The summed E-state index contributed by atoms with van der Waals surface area (Å²) in [6, 6.07) is 8.80. The molecule has 1 aliphatic carbocycles. The molecule has 2 rings (SSSR count). The fourth-order valence-electron chi connectivity index (χ4n) is 2.57. The van der Waals surface area contributed by atoms with Crippen molar-refractivity contribution >= 4 is 11.6 Å². The number of rotatable bonds is 4. The van der Waals surface area contributed by atoms with E-state index in [2.05, 4.69) is 29.7 Å². The molecule has 3 nitrogen and oxygen atoms in total. The molecule has 1 aliphatic rings. The molecule has 18 heavy (non-hydrogen) atoms. The van der Waals surface area contributed by atoms with Crippen molar-refractivity contribution in [2.24, 2.45) is 5.92 Å². The summed E-state index contributed by atoms with van der Waals surface area (Å²) in [5.74, 6) is 0.815. The van der Waals surface area contributed by atoms with Crippen LogP contribution in [0.25, 0.3) is 0 Å². The molecule has 98 valence electrons. The molecular weight excluding hydrogens is 224 g/mol. The van der Waals surface area contributed by atoms with E-state index in [0.717, 1.165) is 17.2 Å². The summed E-state index contributed by atoms with van der Waals surface area (Å²) in [5.41, 5.74) is 2.22. The summed E-state index contributed by atoms with van der Waals surface area (Å²) >= 11 is 0. The smallest absolute Gasteiger partial charge is 0.224 e. The summed E-state index contributed by atoms with van der Waals surface area (Å²) in [6.07, 6.45) is 4.37. The summed E-state index contributed by atoms with van der Waals surface area (Å²) in [5, 5.41) is 6.22. The number of benzene rings is 1. The van der Waals surface area contributed by atoms with Crippen molar-refractivity contribution in [2.75, 3.05) is 12.4 Å². The van der Waals surface area contributed by atoms with Gasteiger partial charge in [-0.2, -0.15) is 0 Å². The van der Waals surface area contributed by atoms with E-state index >= 15 is 0 Å². The van der Waals surface area contributed by atoms with Crippen molar-refractivity contribution in [3.8, 4) is 0 Å². The van der Waals surface area contributed by atoms with Crippen LogP contribution in [0.5, 0.6) is 0 Å². The van der Waals surface area contributed by atoms with E-state index < -0.39 is 0 Å². The molecule has 0 radical (unpaired) electrons. The van der Waals surface area contributed by atoms with Crippen LogP contribution < -0.4 is 10.6 Å². The van der Waals surface area contributed by atoms with E-state index in [4.69, 9.17) is 0 Å². The zero-order valence-corrected chi connectivity index (χ0v) is 11.2. The number of nitrogens with one attached hydrogen (secondary N) is 2. The van der Waals surface area contributed by atoms with Crippen LogP contribution in [-0.2, 0) is 11.2 Å². The maximum atomic E-state index is 11.3. The number of amides is 1. The molecule has 0 spiro atoms. The van der Waals surface area contributed by atoms with Gasteiger partial charge in [0.05, 0.1) is 6.42 Å². The minimum Gasteiger partial charge on any atom is -0.382 e. The SMILES string of the molecule is CNC(=O)Cc1ccc(NC2CCCC2C)cc1. The van der Waals surface area contributed by atoms with Gasteiger partial charge in [0.1, 0.15) is 0 Å². The van der Waals surface area contributed by atoms with Crippen molar-refractivity contribution in [2.45, 2.75) is 38.6 Å². The van der Waals surface area contributed by atoms with Gasteiger partial charge in [0.15, 0.2) is 0 Å². The van der Waals surface area contributed by atoms with Crippen LogP contribution >= 0.6 is 0 Å². The highest BCUT2D eigenvalue weighted by atomic mass is 16.1. The second kappa shape index (κ2) is 5.89. The molecule has 1 saturated carbocycles. The third-order valence-electron chi connectivity index (χ3n) is 3.81. The Kier molecular flexibility index (Phi) is 4.24. The molecule has 1 fully saturated rings. The zero-order chi connectivity index (χ0) is 13.0. The summed E-state index contributed by atoms with van der Waals surface area (Å²) < 4.78 is 0. The van der Waals surface area contributed by atoms with Gasteiger partial charge in [-0.3, -0.25) is 4.79 Å². The van der Waals surface area contributed by atoms with E-state index in [0.29, 0.717) is 12.5 Å². The second-order valence-electron chi connectivity index (χ2n) is 5.21. The Morgan fingerprint density at radius 2 is 2.00 bits per heavy atom. The first-order valence-corrected chi connectivity index (χ1v) is 6.75. The number of likely N-dealkylation sites (N-methyl/N-ethyl adjacent to an activating group) is 1. The van der Waals surface area contributed by atoms with Gasteiger partial charge in [-0.1, -0.05) is 25.5 Å². The number of hydrogen-bond donors (Lipinski definition) is 2. The molecule has 0 bridgehead atoms. The highest BCUT2D eigenvalue weighted by molar-refractivity contribution is 5.78. The zero-order valence-electron chi connectivity index (χ0n) is 11.2. The van der Waals surface area contributed by atoms with Gasteiger partial charge in [-0.05, 0) is 36.5 Å². The van der Waals surface area contributed by atoms with Crippen molar-refractivity contribution in [1.82, 2.24) is 5.32 Å². The summed E-state index contributed by atoms with van der Waals surface area (Å²) in [7, 11) is 1.67. The van der Waals surface area contributed by atoms with Crippen LogP contribution in [0.4, 0.5) is 5.69 Å². The van der Waals surface area contributed by atoms with Crippen molar-refractivity contribution in [3.63, 3.8) is 0 Å². The van der Waals surface area contributed by atoms with Crippen molar-refractivity contribution in [1.29, 1.82) is 0 Å². The van der Waals surface area contributed by atoms with Crippen LogP contribution in [0.1, 0.15) is 31.7 Å². The molecule has 0 aromatic heterocycles. The Morgan fingerprint density at radius 1 is 1.28 bits per heavy atom. The van der Waals surface area contributed by atoms with Gasteiger partial charge in [-0.25, -0.2) is 0 Å². The Morgan fingerprint density at radius 3 is 2.56 bits per heavy atom. The number of carbonyl (C=O) groups excluding carboxylic acids is 1. The molecule has 1 amide bonds. The summed E-state index contributed by atoms with van der Waals surface area (Å²) in [6.45, 7) is 2.31. The lowest BCUT2D eigenvalue weighted by Crippen LogP contribution is -2.22. The molecule has 2 N–H and O–H groups in total. The number of carbonyl (C=O) groups is 1. The molecule has 3 heteroatoms. The Bertz CT molecular complexity index is 399. The van der Waals surface area contributed by atoms with Gasteiger partial charge in [0, 0.05) is 18.8 Å². The van der Waals surface area contributed by atoms with Crippen LogP contribution in [-0.4, -0.2) is 19.0 Å². The lowest BCUT2D eigenvalue weighted by atomic mass is 10.1. The maximum absolute atomic E-state index is 11.3. The largest absolute Gasteiger partial charge is 0.382 e. The fraction of sp³-hybridized carbons (Fsp3) is 0.533. The van der Waals surface area contributed by atoms with Crippen LogP contribution in [0.15, 0.2) is 24.3 Å². The highest BCUT2D eigenvalue weighted by Gasteiger charge is 2.22. The van der Waals surface area contributed by atoms with Gasteiger partial charge in [-0.15, -0.1) is 0 Å². The third kappa shape index (κ3) is 3.25. The molecular formula is C15H22N2O. The number of hydrogen-bond acceptors (Lipinski definition) is 2. The minimum atomic E-state index is 0.0557. The van der Waals surface area contributed by atoms with E-state index in [-0.39, 0.29) is 5.91 Å². The van der Waals surface area contributed by atoms with Crippen LogP contribution in [0.3, 0.4) is 0 Å². The number of anilines is 1. The van der Waals surface area contributed by atoms with E-state index in [9.17, 15) is 4.79 Å². The monoisotopic (exact) mass is 246 g/mol. The maximum Gasteiger partial charge on any atom is 0.224 e. The first-order valence-electron chi connectivity index (χ1n) is 6.75. The van der Waals surface area contributed by atoms with Crippen LogP contribution in [0.2, 0.25) is 0 Å². The van der Waals surface area contributed by atoms with E-state index in [1.807, 2.05) is 12.1 Å². The quantitative estimate of drug-likeness (QED) is 0.857. The lowest BCUT2D eigenvalue weighted by Gasteiger charge is -2.18. The molecule has 0 saturated heterocycles. The van der Waals surface area contributed by atoms with Gasteiger partial charge in [0.25, 0.3) is 0 Å². The Balaban J connectivity index is 1.93. The predicted octanol–water partition coefficient (Wildman–Crippen LogP) is 2.58. The lowest BCUT2D eigenvalue weighted by molar-refractivity contribution is -0.119. The fourth-order valence-corrected chi connectivity index (χ4v) is 2.57. The van der Waals surface area contributed by atoms with E-state index in [1.54, 1.807) is 7.05 Å². The molecule has 0 heterocycles. The molecule has 2 atom stereocenters. The second-order valence-corrected chi connectivity index (χ2v) is 5.21. The average molecular weight is 246 g/mol. The van der Waals surface area contributed by atoms with Crippen molar-refractivity contribution in [3.05, 3.63) is 29.8 Å². The standard InChI is InChI=1S/C15H22N2O/c1-11-4-3-5-14(11)17-13-8-6-12(7-9-13)10-15(18)16-2/h6-9,11,14,17H,3-5,10H2,1-2H3,(H,16,18). The molecule has 1 aromatic carbocycles. The van der Waals surface area contributed by atoms with Gasteiger partial charge < -0.3 is 10.6 Å². The van der Waals surface area contributed by atoms with E-state index in [1.165, 1.54) is 19.3 Å². The van der Waals surface area contributed by atoms with Crippen molar-refractivity contribution < 1.29 is 4.79 Å². The molecule has 1 aromatic rings. The third-order valence-corrected chi connectivity index (χ3v) is 3.81. The summed E-state index contributed by atoms with van der Waals surface area (Å²) in [4.78, 5) is 11.3. The Hall–Kier alpha value is -1.51. The normalized spacial score (nSPS) is 22.8. The van der Waals surface area contributed by atoms with Crippen LogP contribution in [0, 0.1) is 5.92 Å². The minimum absolute atomic E-state index is 0.0557. The first-order chi connectivity index (χ1) is 8.69. The van der Waals surface area contributed by atoms with Gasteiger partial charge in [0.2, 0.25) is 5.91 Å².